The first-order chi connectivity index (χ1) is 15.4. The summed E-state index contributed by atoms with van der Waals surface area (Å²) >= 11 is 0. The van der Waals surface area contributed by atoms with Gasteiger partial charge in [-0.1, -0.05) is 0 Å². The molecule has 1 fully saturated rings. The summed E-state index contributed by atoms with van der Waals surface area (Å²) in [5.74, 6) is -4.30. The number of carbonyl (C=O) groups is 2. The fourth-order valence-corrected chi connectivity index (χ4v) is 4.07. The Morgan fingerprint density at radius 3 is 2.55 bits per heavy atom. The van der Waals surface area contributed by atoms with Gasteiger partial charge < -0.3 is 31.3 Å². The van der Waals surface area contributed by atoms with E-state index >= 15 is 0 Å². The van der Waals surface area contributed by atoms with E-state index in [-0.39, 0.29) is 30.0 Å². The molecule has 3 aromatic heterocycles. The molecule has 33 heavy (non-hydrogen) atoms. The number of fused-ring (bicyclic) bond motifs is 1. The van der Waals surface area contributed by atoms with Crippen LogP contribution in [0.4, 0.5) is 5.69 Å². The van der Waals surface area contributed by atoms with Crippen molar-refractivity contribution in [1.82, 2.24) is 29.3 Å². The standard InChI is InChI=1S/C18H24B2N8O5/c1-26-4-9(2-22-26)12-7-28-16(25-12)14(10(3-23-28)15(21)30)24-13-6-27(8-29)5-11(13)17(31,32)18(19,20)33/h2-4,7-8,11,13,24,31-33H,5-6,19-20H2,1H3,(H2,21,30). The number of likely N-dealkylation sites (tertiary alicyclic amines) is 1. The number of primary amides is 1. The fourth-order valence-electron chi connectivity index (χ4n) is 4.07. The van der Waals surface area contributed by atoms with Crippen molar-refractivity contribution in [2.45, 2.75) is 17.2 Å². The average Bonchev–Trinajstić information content (AvgIpc) is 3.44. The van der Waals surface area contributed by atoms with Crippen molar-refractivity contribution in [2.75, 3.05) is 18.4 Å². The van der Waals surface area contributed by atoms with Crippen LogP contribution in [-0.4, -0.2) is 103 Å². The van der Waals surface area contributed by atoms with E-state index in [9.17, 15) is 24.9 Å². The van der Waals surface area contributed by atoms with Gasteiger partial charge in [0, 0.05) is 31.9 Å². The quantitative estimate of drug-likeness (QED) is 0.134. The topological polar surface area (TPSA) is 184 Å². The number of nitrogens with one attached hydrogen (secondary N) is 1. The van der Waals surface area contributed by atoms with Crippen LogP contribution in [0.25, 0.3) is 16.9 Å². The molecule has 3 aromatic rings. The molecular weight excluding hydrogens is 430 g/mol. The van der Waals surface area contributed by atoms with E-state index in [0.29, 0.717) is 12.1 Å². The average molecular weight is 454 g/mol. The summed E-state index contributed by atoms with van der Waals surface area (Å²) in [6.45, 7) is 0.0662. The SMILES string of the molecule is BC(B)(O)C(O)(O)C1CN(C=O)CC1Nc1c(C(N)=O)cnn2cc(-c3cnn(C)c3)nc12. The minimum atomic E-state index is -2.55. The van der Waals surface area contributed by atoms with E-state index in [1.165, 1.54) is 31.3 Å². The smallest absolute Gasteiger partial charge is 0.252 e. The van der Waals surface area contributed by atoms with Gasteiger partial charge in [0.2, 0.25) is 6.41 Å². The molecule has 4 rings (SSSR count). The van der Waals surface area contributed by atoms with E-state index in [1.54, 1.807) is 30.3 Å². The molecule has 172 valence electrons. The first-order valence-corrected chi connectivity index (χ1v) is 10.2. The minimum Gasteiger partial charge on any atom is -0.402 e. The third-order valence-electron chi connectivity index (χ3n) is 6.00. The first-order valence-electron chi connectivity index (χ1n) is 10.2. The molecule has 15 heteroatoms. The molecule has 1 aliphatic rings. The number of carbonyl (C=O) groups excluding carboxylic acids is 2. The number of anilines is 1. The van der Waals surface area contributed by atoms with Gasteiger partial charge in [0.25, 0.3) is 5.91 Å². The normalized spacial score (nSPS) is 19.2. The lowest BCUT2D eigenvalue weighted by molar-refractivity contribution is -0.247. The molecule has 2 unspecified atom stereocenters. The number of imidazole rings is 1. The fraction of sp³-hybridized carbons (Fsp3) is 0.389. The molecule has 2 atom stereocenters. The molecular formula is C18H24B2N8O5. The van der Waals surface area contributed by atoms with Gasteiger partial charge >= 0.3 is 0 Å². The van der Waals surface area contributed by atoms with E-state index < -0.39 is 29.1 Å². The first kappa shape index (κ1) is 22.8. The van der Waals surface area contributed by atoms with Crippen molar-refractivity contribution in [1.29, 1.82) is 0 Å². The summed E-state index contributed by atoms with van der Waals surface area (Å²) in [7, 11) is 4.30. The second-order valence-corrected chi connectivity index (χ2v) is 8.80. The predicted molar refractivity (Wildman–Crippen MR) is 121 cm³/mol. The molecule has 6 N–H and O–H groups in total. The summed E-state index contributed by atoms with van der Waals surface area (Å²) < 4.78 is 3.08. The second kappa shape index (κ2) is 7.86. The summed E-state index contributed by atoms with van der Waals surface area (Å²) in [6.07, 6.45) is 6.94. The molecule has 2 amide bonds. The Morgan fingerprint density at radius 2 is 1.97 bits per heavy atom. The van der Waals surface area contributed by atoms with E-state index in [1.807, 2.05) is 0 Å². The number of hydrogen-bond donors (Lipinski definition) is 5. The third-order valence-corrected chi connectivity index (χ3v) is 6.00. The maximum absolute atomic E-state index is 12.2. The number of amides is 2. The number of nitrogens with two attached hydrogens (primary N) is 1. The van der Waals surface area contributed by atoms with Crippen LogP contribution in [0.5, 0.6) is 0 Å². The van der Waals surface area contributed by atoms with Crippen LogP contribution in [0.15, 0.2) is 24.8 Å². The number of nitrogens with zero attached hydrogens (tertiary/aromatic N) is 6. The number of aryl methyl sites for hydroxylation is 1. The summed E-state index contributed by atoms with van der Waals surface area (Å²) in [5.41, 5.74) is 7.39. The zero-order valence-corrected chi connectivity index (χ0v) is 18.4. The maximum Gasteiger partial charge on any atom is 0.252 e. The Balaban J connectivity index is 1.80. The van der Waals surface area contributed by atoms with Crippen LogP contribution >= 0.6 is 0 Å². The maximum atomic E-state index is 12.2. The number of aliphatic hydroxyl groups is 3. The molecule has 0 aliphatic carbocycles. The highest BCUT2D eigenvalue weighted by molar-refractivity contribution is 6.39. The number of aromatic nitrogens is 5. The highest BCUT2D eigenvalue weighted by Crippen LogP contribution is 2.34. The lowest BCUT2D eigenvalue weighted by atomic mass is 9.57. The molecule has 1 aliphatic heterocycles. The Morgan fingerprint density at radius 1 is 1.24 bits per heavy atom. The molecule has 0 aromatic carbocycles. The Kier molecular flexibility index (Phi) is 5.42. The summed E-state index contributed by atoms with van der Waals surface area (Å²) in [6, 6.07) is -0.750. The second-order valence-electron chi connectivity index (χ2n) is 8.80. The molecule has 1 saturated heterocycles. The lowest BCUT2D eigenvalue weighted by Gasteiger charge is -2.41. The molecule has 0 spiro atoms. The van der Waals surface area contributed by atoms with Gasteiger partial charge in [0.05, 0.1) is 52.9 Å². The highest BCUT2D eigenvalue weighted by atomic mass is 16.5. The number of hydrogen-bond acceptors (Lipinski definition) is 9. The number of rotatable bonds is 7. The predicted octanol–water partition coefficient (Wildman–Crippen LogP) is -4.31. The minimum absolute atomic E-state index is 0.0270. The monoisotopic (exact) mass is 454 g/mol. The van der Waals surface area contributed by atoms with Crippen LogP contribution in [0.2, 0.25) is 0 Å². The van der Waals surface area contributed by atoms with Gasteiger partial charge in [0.15, 0.2) is 11.4 Å². The lowest BCUT2D eigenvalue weighted by Crippen LogP contribution is -2.63. The van der Waals surface area contributed by atoms with Crippen LogP contribution in [0.3, 0.4) is 0 Å². The van der Waals surface area contributed by atoms with Crippen molar-refractivity contribution in [2.24, 2.45) is 18.7 Å². The zero-order chi connectivity index (χ0) is 24.1. The van der Waals surface area contributed by atoms with Crippen LogP contribution in [-0.2, 0) is 11.8 Å². The molecule has 0 radical (unpaired) electrons. The Bertz CT molecular complexity index is 1220. The van der Waals surface area contributed by atoms with Crippen molar-refractivity contribution in [3.8, 4) is 11.3 Å². The van der Waals surface area contributed by atoms with Gasteiger partial charge in [-0.05, 0) is 0 Å². The third kappa shape index (κ3) is 3.94. The van der Waals surface area contributed by atoms with E-state index in [0.717, 1.165) is 5.56 Å². The molecule has 13 nitrogen and oxygen atoms in total. The summed E-state index contributed by atoms with van der Waals surface area (Å²) in [5, 5.41) is 41.4. The highest BCUT2D eigenvalue weighted by Gasteiger charge is 2.53. The Labute approximate surface area is 190 Å². The van der Waals surface area contributed by atoms with Crippen molar-refractivity contribution in [3.05, 3.63) is 30.4 Å². The van der Waals surface area contributed by atoms with Gasteiger partial charge in [-0.3, -0.25) is 14.3 Å². The molecule has 0 bridgehead atoms. The van der Waals surface area contributed by atoms with Gasteiger partial charge in [-0.2, -0.15) is 10.2 Å². The largest absolute Gasteiger partial charge is 0.402 e. The van der Waals surface area contributed by atoms with E-state index in [2.05, 4.69) is 20.5 Å². The molecule has 4 heterocycles. The van der Waals surface area contributed by atoms with Gasteiger partial charge in [-0.15, -0.1) is 0 Å². The van der Waals surface area contributed by atoms with Crippen LogP contribution in [0.1, 0.15) is 10.4 Å². The Hall–Kier alpha value is -3.42. The van der Waals surface area contributed by atoms with E-state index in [4.69, 9.17) is 5.73 Å². The van der Waals surface area contributed by atoms with Crippen LogP contribution in [0, 0.1) is 5.92 Å². The van der Waals surface area contributed by atoms with Gasteiger partial charge in [0.1, 0.15) is 15.7 Å². The zero-order valence-electron chi connectivity index (χ0n) is 18.4. The van der Waals surface area contributed by atoms with Gasteiger partial charge in [-0.25, -0.2) is 9.50 Å². The van der Waals surface area contributed by atoms with Crippen molar-refractivity contribution in [3.63, 3.8) is 0 Å². The van der Waals surface area contributed by atoms with Crippen LogP contribution < -0.4 is 11.1 Å². The van der Waals surface area contributed by atoms with Crippen molar-refractivity contribution >= 4 is 39.3 Å². The summed E-state index contributed by atoms with van der Waals surface area (Å²) in [4.78, 5) is 29.5. The van der Waals surface area contributed by atoms with Crippen molar-refractivity contribution < 1.29 is 24.9 Å². The molecule has 0 saturated carbocycles.